The lowest BCUT2D eigenvalue weighted by atomic mass is 9.93. The molecule has 1 unspecified atom stereocenters. The fraction of sp³-hybridized carbons (Fsp3) is 0.667. The number of H-pyrrole nitrogens is 1. The number of aryl methyl sites for hydroxylation is 1. The zero-order valence-electron chi connectivity index (χ0n) is 11.7. The van der Waals surface area contributed by atoms with Crippen molar-refractivity contribution in [2.45, 2.75) is 37.1 Å². The van der Waals surface area contributed by atoms with Crippen LogP contribution in [0.4, 0.5) is 0 Å². The second-order valence-electron chi connectivity index (χ2n) is 5.16. The summed E-state index contributed by atoms with van der Waals surface area (Å²) in [6.45, 7) is 2.74. The Hall–Kier alpha value is -1.45. The van der Waals surface area contributed by atoms with Crippen LogP contribution in [-0.4, -0.2) is 48.9 Å². The molecule has 0 amide bonds. The molecule has 1 saturated heterocycles. The van der Waals surface area contributed by atoms with Crippen molar-refractivity contribution in [1.29, 1.82) is 0 Å². The molecule has 1 aliphatic rings. The third-order valence-electron chi connectivity index (χ3n) is 3.58. The van der Waals surface area contributed by atoms with Gasteiger partial charge in [-0.05, 0) is 32.1 Å². The van der Waals surface area contributed by atoms with E-state index in [2.05, 4.69) is 14.9 Å². The van der Waals surface area contributed by atoms with Gasteiger partial charge in [0.15, 0.2) is 0 Å². The number of aliphatic carboxylic acids is 1. The molecule has 1 aromatic rings. The van der Waals surface area contributed by atoms with E-state index in [-0.39, 0.29) is 17.2 Å². The smallest absolute Gasteiger partial charge is 0.321 e. The van der Waals surface area contributed by atoms with Gasteiger partial charge in [0.2, 0.25) is 10.0 Å². The molecule has 9 heteroatoms. The molecule has 0 aliphatic carbocycles. The standard InChI is InChI=1S/C12H19N3O5S/c1-8-11(7-13-14-8)21(18,19)15-10(12(16)17)6-9-2-4-20-5-3-9/h7,9-10,15H,2-6H2,1H3,(H,13,14)(H,16,17). The second-order valence-corrected chi connectivity index (χ2v) is 6.85. The predicted molar refractivity (Wildman–Crippen MR) is 73.2 cm³/mol. The molecule has 3 N–H and O–H groups in total. The number of nitrogens with zero attached hydrogens (tertiary/aromatic N) is 1. The number of carboxylic acids is 1. The number of carboxylic acid groups (broad SMARTS) is 1. The van der Waals surface area contributed by atoms with Crippen LogP contribution in [0.3, 0.4) is 0 Å². The van der Waals surface area contributed by atoms with Crippen LogP contribution in [0.5, 0.6) is 0 Å². The summed E-state index contributed by atoms with van der Waals surface area (Å²) in [6.07, 6.45) is 2.92. The van der Waals surface area contributed by atoms with E-state index < -0.39 is 22.0 Å². The zero-order chi connectivity index (χ0) is 15.5. The number of nitrogens with one attached hydrogen (secondary N) is 2. The van der Waals surface area contributed by atoms with Crippen LogP contribution < -0.4 is 4.72 Å². The number of aromatic amines is 1. The minimum atomic E-state index is -3.90. The molecule has 1 atom stereocenters. The molecule has 1 aromatic heterocycles. The molecule has 1 fully saturated rings. The molecular formula is C12H19N3O5S. The minimum Gasteiger partial charge on any atom is -0.480 e. The topological polar surface area (TPSA) is 121 Å². The number of hydrogen-bond donors (Lipinski definition) is 3. The maximum atomic E-state index is 12.2. The Morgan fingerprint density at radius 1 is 1.57 bits per heavy atom. The molecule has 1 aliphatic heterocycles. The quantitative estimate of drug-likeness (QED) is 0.692. The van der Waals surface area contributed by atoms with Gasteiger partial charge < -0.3 is 9.84 Å². The Labute approximate surface area is 122 Å². The van der Waals surface area contributed by atoms with Gasteiger partial charge in [0.05, 0.1) is 11.9 Å². The van der Waals surface area contributed by atoms with Crippen LogP contribution in [0.25, 0.3) is 0 Å². The van der Waals surface area contributed by atoms with Gasteiger partial charge in [0.1, 0.15) is 10.9 Å². The fourth-order valence-electron chi connectivity index (χ4n) is 2.38. The summed E-state index contributed by atoms with van der Waals surface area (Å²) in [4.78, 5) is 11.3. The number of sulfonamides is 1. The summed E-state index contributed by atoms with van der Waals surface area (Å²) >= 11 is 0. The van der Waals surface area contributed by atoms with Crippen LogP contribution in [0.15, 0.2) is 11.1 Å². The molecule has 8 nitrogen and oxygen atoms in total. The molecule has 2 heterocycles. The lowest BCUT2D eigenvalue weighted by Crippen LogP contribution is -2.42. The van der Waals surface area contributed by atoms with E-state index in [1.807, 2.05) is 0 Å². The van der Waals surface area contributed by atoms with Gasteiger partial charge in [-0.15, -0.1) is 0 Å². The number of ether oxygens (including phenoxy) is 1. The summed E-state index contributed by atoms with van der Waals surface area (Å²) in [5.74, 6) is -1.03. The number of rotatable bonds is 6. The molecule has 0 aromatic carbocycles. The van der Waals surface area contributed by atoms with Crippen molar-refractivity contribution >= 4 is 16.0 Å². The monoisotopic (exact) mass is 317 g/mol. The van der Waals surface area contributed by atoms with Crippen molar-refractivity contribution in [2.24, 2.45) is 5.92 Å². The maximum absolute atomic E-state index is 12.2. The van der Waals surface area contributed by atoms with Gasteiger partial charge in [-0.2, -0.15) is 9.82 Å². The maximum Gasteiger partial charge on any atom is 0.321 e. The summed E-state index contributed by atoms with van der Waals surface area (Å²) in [6, 6.07) is -1.15. The highest BCUT2D eigenvalue weighted by Gasteiger charge is 2.30. The van der Waals surface area contributed by atoms with Gasteiger partial charge in [0, 0.05) is 13.2 Å². The Bertz CT molecular complexity index is 592. The average molecular weight is 317 g/mol. The lowest BCUT2D eigenvalue weighted by Gasteiger charge is -2.25. The molecule has 2 rings (SSSR count). The highest BCUT2D eigenvalue weighted by molar-refractivity contribution is 7.89. The van der Waals surface area contributed by atoms with Crippen molar-refractivity contribution in [2.75, 3.05) is 13.2 Å². The van der Waals surface area contributed by atoms with Crippen molar-refractivity contribution in [1.82, 2.24) is 14.9 Å². The number of aromatic nitrogens is 2. The first kappa shape index (κ1) is 15.9. The van der Waals surface area contributed by atoms with Crippen molar-refractivity contribution in [3.63, 3.8) is 0 Å². The van der Waals surface area contributed by atoms with Gasteiger partial charge in [-0.1, -0.05) is 0 Å². The van der Waals surface area contributed by atoms with Crippen LogP contribution in [-0.2, 0) is 19.6 Å². The summed E-state index contributed by atoms with van der Waals surface area (Å²) in [5.41, 5.74) is 0.373. The molecule has 0 spiro atoms. The molecule has 118 valence electrons. The highest BCUT2D eigenvalue weighted by Crippen LogP contribution is 2.21. The van der Waals surface area contributed by atoms with E-state index in [1.54, 1.807) is 6.92 Å². The van der Waals surface area contributed by atoms with Crippen molar-refractivity contribution in [3.8, 4) is 0 Å². The zero-order valence-corrected chi connectivity index (χ0v) is 12.5. The van der Waals surface area contributed by atoms with E-state index in [9.17, 15) is 18.3 Å². The van der Waals surface area contributed by atoms with Crippen molar-refractivity contribution in [3.05, 3.63) is 11.9 Å². The first-order chi connectivity index (χ1) is 9.90. The average Bonchev–Trinajstić information content (AvgIpc) is 2.86. The predicted octanol–water partition coefficient (Wildman–Crippen LogP) is 0.266. The third-order valence-corrected chi connectivity index (χ3v) is 5.16. The molecule has 21 heavy (non-hydrogen) atoms. The second kappa shape index (κ2) is 6.54. The third kappa shape index (κ3) is 4.02. The summed E-state index contributed by atoms with van der Waals surface area (Å²) in [7, 11) is -3.90. The van der Waals surface area contributed by atoms with E-state index >= 15 is 0 Å². The summed E-state index contributed by atoms with van der Waals surface area (Å²) < 4.78 is 31.9. The Balaban J connectivity index is 2.09. The van der Waals surface area contributed by atoms with Crippen LogP contribution in [0.2, 0.25) is 0 Å². The lowest BCUT2D eigenvalue weighted by molar-refractivity contribution is -0.139. The van der Waals surface area contributed by atoms with Gasteiger partial charge in [-0.25, -0.2) is 8.42 Å². The highest BCUT2D eigenvalue weighted by atomic mass is 32.2. The van der Waals surface area contributed by atoms with Gasteiger partial charge >= 0.3 is 5.97 Å². The van der Waals surface area contributed by atoms with Crippen LogP contribution in [0.1, 0.15) is 25.0 Å². The molecular weight excluding hydrogens is 298 g/mol. The van der Waals surface area contributed by atoms with Crippen LogP contribution >= 0.6 is 0 Å². The first-order valence-electron chi connectivity index (χ1n) is 6.73. The van der Waals surface area contributed by atoms with Gasteiger partial charge in [0.25, 0.3) is 0 Å². The Morgan fingerprint density at radius 3 is 2.76 bits per heavy atom. The first-order valence-corrected chi connectivity index (χ1v) is 8.21. The van der Waals surface area contributed by atoms with Crippen molar-refractivity contribution < 1.29 is 23.1 Å². The normalized spacial score (nSPS) is 18.5. The van der Waals surface area contributed by atoms with Crippen LogP contribution in [0, 0.1) is 12.8 Å². The largest absolute Gasteiger partial charge is 0.480 e. The summed E-state index contributed by atoms with van der Waals surface area (Å²) in [5, 5.41) is 15.4. The number of hydrogen-bond acceptors (Lipinski definition) is 5. The fourth-order valence-corrected chi connectivity index (χ4v) is 3.71. The van der Waals surface area contributed by atoms with E-state index in [4.69, 9.17) is 4.74 Å². The minimum absolute atomic E-state index is 0.0271. The number of carbonyl (C=O) groups is 1. The Morgan fingerprint density at radius 2 is 2.24 bits per heavy atom. The van der Waals surface area contributed by atoms with Gasteiger partial charge in [-0.3, -0.25) is 9.89 Å². The molecule has 0 saturated carbocycles. The van der Waals surface area contributed by atoms with E-state index in [0.29, 0.717) is 18.9 Å². The van der Waals surface area contributed by atoms with E-state index in [0.717, 1.165) is 12.8 Å². The van der Waals surface area contributed by atoms with E-state index in [1.165, 1.54) is 6.20 Å². The molecule has 0 bridgehead atoms. The Kier molecular flexibility index (Phi) is 4.96. The SMILES string of the molecule is Cc1[nH]ncc1S(=O)(=O)NC(CC1CCOCC1)C(=O)O. The molecule has 0 radical (unpaired) electrons.